The van der Waals surface area contributed by atoms with Gasteiger partial charge in [0, 0.05) is 12.4 Å². The lowest BCUT2D eigenvalue weighted by Crippen LogP contribution is -2.14. The van der Waals surface area contributed by atoms with E-state index in [-0.39, 0.29) is 5.91 Å². The predicted molar refractivity (Wildman–Crippen MR) is 86.6 cm³/mol. The summed E-state index contributed by atoms with van der Waals surface area (Å²) in [4.78, 5) is 21.1. The summed E-state index contributed by atoms with van der Waals surface area (Å²) in [5, 5.41) is 11.9. The zero-order valence-electron chi connectivity index (χ0n) is 12.1. The lowest BCUT2D eigenvalue weighted by molar-refractivity contribution is 0.102. The van der Waals surface area contributed by atoms with Crippen molar-refractivity contribution in [2.24, 2.45) is 0 Å². The highest BCUT2D eigenvalue weighted by Crippen LogP contribution is 2.21. The Balaban J connectivity index is 1.97. The lowest BCUT2D eigenvalue weighted by atomic mass is 10.1. The maximum Gasteiger partial charge on any atom is 0.257 e. The number of para-hydroxylation sites is 1. The van der Waals surface area contributed by atoms with E-state index in [0.29, 0.717) is 28.2 Å². The molecule has 3 aromatic rings. The van der Waals surface area contributed by atoms with Gasteiger partial charge in [0.15, 0.2) is 0 Å². The molecule has 0 saturated heterocycles. The number of aromatic nitrogens is 2. The molecule has 0 aliphatic rings. The summed E-state index contributed by atoms with van der Waals surface area (Å²) < 4.78 is 0. The van der Waals surface area contributed by atoms with E-state index in [0.717, 1.165) is 0 Å². The van der Waals surface area contributed by atoms with Crippen LogP contribution >= 0.6 is 0 Å². The normalized spacial score (nSPS) is 9.87. The van der Waals surface area contributed by atoms with Crippen LogP contribution in [-0.4, -0.2) is 15.9 Å². The number of nitrogens with one attached hydrogen (secondary N) is 1. The zero-order valence-corrected chi connectivity index (χ0v) is 12.1. The summed E-state index contributed by atoms with van der Waals surface area (Å²) in [7, 11) is 0. The Bertz CT molecular complexity index is 885. The zero-order chi connectivity index (χ0) is 16.1. The highest BCUT2D eigenvalue weighted by molar-refractivity contribution is 6.08. The van der Waals surface area contributed by atoms with E-state index >= 15 is 0 Å². The molecule has 2 heterocycles. The van der Waals surface area contributed by atoms with Gasteiger partial charge in [0.2, 0.25) is 0 Å². The summed E-state index contributed by atoms with van der Waals surface area (Å²) in [6.07, 6.45) is 3.26. The molecule has 23 heavy (non-hydrogen) atoms. The number of hydrogen-bond acceptors (Lipinski definition) is 4. The quantitative estimate of drug-likeness (QED) is 0.805. The number of rotatable bonds is 3. The van der Waals surface area contributed by atoms with Crippen molar-refractivity contribution in [1.29, 1.82) is 5.26 Å². The van der Waals surface area contributed by atoms with E-state index in [2.05, 4.69) is 21.4 Å². The first kappa shape index (κ1) is 14.4. The number of carbonyl (C=O) groups is 1. The van der Waals surface area contributed by atoms with Crippen LogP contribution in [0.4, 0.5) is 5.69 Å². The molecular formula is C18H12N4O. The van der Waals surface area contributed by atoms with Crippen LogP contribution in [0.5, 0.6) is 0 Å². The fourth-order valence-corrected chi connectivity index (χ4v) is 2.17. The highest BCUT2D eigenvalue weighted by Gasteiger charge is 2.15. The predicted octanol–water partition coefficient (Wildman–Crippen LogP) is 3.27. The van der Waals surface area contributed by atoms with Crippen LogP contribution in [0.3, 0.4) is 0 Å². The van der Waals surface area contributed by atoms with Gasteiger partial charge in [0.25, 0.3) is 5.91 Å². The second-order valence-corrected chi connectivity index (χ2v) is 4.73. The van der Waals surface area contributed by atoms with E-state index in [1.165, 1.54) is 0 Å². The maximum absolute atomic E-state index is 12.6. The topological polar surface area (TPSA) is 78.7 Å². The molecule has 0 unspecified atom stereocenters. The molecule has 110 valence electrons. The number of pyridine rings is 2. The third-order valence-electron chi connectivity index (χ3n) is 3.26. The molecule has 1 N–H and O–H groups in total. The first-order valence-corrected chi connectivity index (χ1v) is 6.96. The van der Waals surface area contributed by atoms with Crippen LogP contribution in [0.1, 0.15) is 15.9 Å². The van der Waals surface area contributed by atoms with E-state index in [1.807, 2.05) is 6.07 Å². The Hall–Kier alpha value is -3.52. The number of amides is 1. The van der Waals surface area contributed by atoms with Crippen LogP contribution < -0.4 is 5.32 Å². The summed E-state index contributed by atoms with van der Waals surface area (Å²) in [5.41, 5.74) is 2.39. The van der Waals surface area contributed by atoms with Crippen molar-refractivity contribution in [3.63, 3.8) is 0 Å². The molecule has 0 aliphatic heterocycles. The molecule has 0 fully saturated rings. The minimum atomic E-state index is -0.332. The van der Waals surface area contributed by atoms with Gasteiger partial charge in [0.05, 0.1) is 22.5 Å². The van der Waals surface area contributed by atoms with Crippen molar-refractivity contribution in [3.8, 4) is 17.5 Å². The molecule has 0 atom stereocenters. The van der Waals surface area contributed by atoms with Gasteiger partial charge in [0.1, 0.15) is 11.8 Å². The molecule has 0 saturated carbocycles. The fraction of sp³-hybridized carbons (Fsp3) is 0. The minimum absolute atomic E-state index is 0.332. The van der Waals surface area contributed by atoms with Crippen molar-refractivity contribution in [2.75, 3.05) is 5.32 Å². The van der Waals surface area contributed by atoms with Gasteiger partial charge in [-0.3, -0.25) is 14.8 Å². The second kappa shape index (κ2) is 6.50. The van der Waals surface area contributed by atoms with Gasteiger partial charge >= 0.3 is 0 Å². The molecule has 1 amide bonds. The maximum atomic E-state index is 12.6. The molecule has 0 bridgehead atoms. The van der Waals surface area contributed by atoms with E-state index in [1.54, 1.807) is 60.9 Å². The van der Waals surface area contributed by atoms with Gasteiger partial charge in [-0.2, -0.15) is 5.26 Å². The van der Waals surface area contributed by atoms with Crippen LogP contribution in [-0.2, 0) is 0 Å². The van der Waals surface area contributed by atoms with Gasteiger partial charge in [-0.05, 0) is 36.4 Å². The fourth-order valence-electron chi connectivity index (χ4n) is 2.17. The number of hydrogen-bond donors (Lipinski definition) is 1. The third kappa shape index (κ3) is 3.06. The number of nitriles is 1. The van der Waals surface area contributed by atoms with E-state index in [4.69, 9.17) is 5.26 Å². The number of nitrogens with zero attached hydrogens (tertiary/aromatic N) is 3. The SMILES string of the molecule is N#Cc1ccccc1NC(=O)c1cccnc1-c1ccccn1. The first-order valence-electron chi connectivity index (χ1n) is 6.96. The van der Waals surface area contributed by atoms with Crippen molar-refractivity contribution in [1.82, 2.24) is 9.97 Å². The van der Waals surface area contributed by atoms with E-state index in [9.17, 15) is 4.79 Å². The van der Waals surface area contributed by atoms with Crippen LogP contribution in [0.25, 0.3) is 11.4 Å². The molecule has 2 aromatic heterocycles. The lowest BCUT2D eigenvalue weighted by Gasteiger charge is -2.10. The monoisotopic (exact) mass is 300 g/mol. The van der Waals surface area contributed by atoms with Gasteiger partial charge in [-0.1, -0.05) is 18.2 Å². The largest absolute Gasteiger partial charge is 0.321 e. The van der Waals surface area contributed by atoms with Crippen molar-refractivity contribution < 1.29 is 4.79 Å². The van der Waals surface area contributed by atoms with Gasteiger partial charge < -0.3 is 5.32 Å². The molecule has 3 rings (SSSR count). The van der Waals surface area contributed by atoms with Crippen LogP contribution in [0, 0.1) is 11.3 Å². The Morgan fingerprint density at radius 2 is 1.74 bits per heavy atom. The highest BCUT2D eigenvalue weighted by atomic mass is 16.1. The standard InChI is InChI=1S/C18H12N4O/c19-12-13-6-1-2-8-15(13)22-18(23)14-7-5-11-21-17(14)16-9-3-4-10-20-16/h1-11H,(H,22,23). The van der Waals surface area contributed by atoms with E-state index < -0.39 is 0 Å². The number of carbonyl (C=O) groups excluding carboxylic acids is 1. The van der Waals surface area contributed by atoms with Gasteiger partial charge in [-0.15, -0.1) is 0 Å². The first-order chi connectivity index (χ1) is 11.3. The average molecular weight is 300 g/mol. The molecule has 1 aromatic carbocycles. The van der Waals surface area contributed by atoms with Crippen LogP contribution in [0.2, 0.25) is 0 Å². The number of benzene rings is 1. The molecule has 5 heteroatoms. The Labute approximate surface area is 133 Å². The smallest absolute Gasteiger partial charge is 0.257 e. The summed E-state index contributed by atoms with van der Waals surface area (Å²) in [6, 6.07) is 17.7. The molecular weight excluding hydrogens is 288 g/mol. The Morgan fingerprint density at radius 3 is 2.52 bits per heavy atom. The average Bonchev–Trinajstić information content (AvgIpc) is 2.63. The summed E-state index contributed by atoms with van der Waals surface area (Å²) >= 11 is 0. The Morgan fingerprint density at radius 1 is 0.957 bits per heavy atom. The summed E-state index contributed by atoms with van der Waals surface area (Å²) in [6.45, 7) is 0. The minimum Gasteiger partial charge on any atom is -0.321 e. The Kier molecular flexibility index (Phi) is 4.07. The van der Waals surface area contributed by atoms with Crippen LogP contribution in [0.15, 0.2) is 67.0 Å². The second-order valence-electron chi connectivity index (χ2n) is 4.73. The molecule has 5 nitrogen and oxygen atoms in total. The molecule has 0 spiro atoms. The summed E-state index contributed by atoms with van der Waals surface area (Å²) in [5.74, 6) is -0.332. The number of anilines is 1. The van der Waals surface area contributed by atoms with Crippen molar-refractivity contribution in [2.45, 2.75) is 0 Å². The van der Waals surface area contributed by atoms with Gasteiger partial charge in [-0.25, -0.2) is 0 Å². The van der Waals surface area contributed by atoms with Crippen molar-refractivity contribution in [3.05, 3.63) is 78.1 Å². The molecule has 0 radical (unpaired) electrons. The molecule has 0 aliphatic carbocycles. The van der Waals surface area contributed by atoms with Crippen molar-refractivity contribution >= 4 is 11.6 Å². The third-order valence-corrected chi connectivity index (χ3v) is 3.26.